The van der Waals surface area contributed by atoms with Gasteiger partial charge in [0.15, 0.2) is 0 Å². The van der Waals surface area contributed by atoms with E-state index >= 15 is 0 Å². The fourth-order valence-electron chi connectivity index (χ4n) is 1.81. The van der Waals surface area contributed by atoms with Crippen LogP contribution in [0.25, 0.3) is 0 Å². The van der Waals surface area contributed by atoms with Gasteiger partial charge in [-0.25, -0.2) is 0 Å². The summed E-state index contributed by atoms with van der Waals surface area (Å²) >= 11 is 3.09. The SMILES string of the molecule is CN(Cc1ccccn1)C(=O)c1ccc(Br)c([N+](=O)[O-])c1. The number of nitro benzene ring substituents is 1. The fraction of sp³-hybridized carbons (Fsp3) is 0.143. The van der Waals surface area contributed by atoms with E-state index in [0.717, 1.165) is 5.69 Å². The first-order chi connectivity index (χ1) is 9.99. The van der Waals surface area contributed by atoms with Gasteiger partial charge >= 0.3 is 0 Å². The topological polar surface area (TPSA) is 76.3 Å². The summed E-state index contributed by atoms with van der Waals surface area (Å²) in [6, 6.07) is 9.76. The van der Waals surface area contributed by atoms with Gasteiger partial charge in [-0.15, -0.1) is 0 Å². The Kier molecular flexibility index (Phi) is 4.64. The van der Waals surface area contributed by atoms with Crippen molar-refractivity contribution in [1.29, 1.82) is 0 Å². The molecular weight excluding hydrogens is 338 g/mol. The molecule has 0 radical (unpaired) electrons. The third-order valence-electron chi connectivity index (χ3n) is 2.86. The van der Waals surface area contributed by atoms with E-state index in [0.29, 0.717) is 11.0 Å². The van der Waals surface area contributed by atoms with E-state index in [-0.39, 0.29) is 17.2 Å². The second kappa shape index (κ2) is 6.45. The summed E-state index contributed by atoms with van der Waals surface area (Å²) in [5, 5.41) is 10.9. The maximum atomic E-state index is 12.3. The normalized spacial score (nSPS) is 10.2. The first kappa shape index (κ1) is 15.1. The predicted molar refractivity (Wildman–Crippen MR) is 80.8 cm³/mol. The minimum Gasteiger partial charge on any atom is -0.336 e. The molecule has 1 aromatic carbocycles. The maximum Gasteiger partial charge on any atom is 0.284 e. The zero-order chi connectivity index (χ0) is 15.4. The minimum absolute atomic E-state index is 0.132. The highest BCUT2D eigenvalue weighted by Crippen LogP contribution is 2.26. The van der Waals surface area contributed by atoms with E-state index in [1.807, 2.05) is 12.1 Å². The molecule has 0 aliphatic heterocycles. The number of hydrogen-bond donors (Lipinski definition) is 0. The van der Waals surface area contributed by atoms with Gasteiger partial charge in [0.25, 0.3) is 11.6 Å². The summed E-state index contributed by atoms with van der Waals surface area (Å²) < 4.78 is 0.344. The van der Waals surface area contributed by atoms with Crippen LogP contribution in [0.4, 0.5) is 5.69 Å². The molecule has 7 heteroatoms. The van der Waals surface area contributed by atoms with Crippen molar-refractivity contribution in [2.24, 2.45) is 0 Å². The molecule has 0 saturated carbocycles. The molecule has 6 nitrogen and oxygen atoms in total. The van der Waals surface area contributed by atoms with Gasteiger partial charge in [0, 0.05) is 24.9 Å². The van der Waals surface area contributed by atoms with Crippen LogP contribution in [0, 0.1) is 10.1 Å². The quantitative estimate of drug-likeness (QED) is 0.627. The van der Waals surface area contributed by atoms with Gasteiger partial charge in [-0.05, 0) is 40.2 Å². The fourth-order valence-corrected chi connectivity index (χ4v) is 2.20. The Hall–Kier alpha value is -2.28. The number of amides is 1. The first-order valence-corrected chi connectivity index (χ1v) is 6.87. The monoisotopic (exact) mass is 349 g/mol. The molecule has 0 unspecified atom stereocenters. The largest absolute Gasteiger partial charge is 0.336 e. The number of rotatable bonds is 4. The van der Waals surface area contributed by atoms with Crippen LogP contribution >= 0.6 is 15.9 Å². The highest BCUT2D eigenvalue weighted by atomic mass is 79.9. The van der Waals surface area contributed by atoms with Crippen LogP contribution in [0.3, 0.4) is 0 Å². The van der Waals surface area contributed by atoms with Gasteiger partial charge in [0.1, 0.15) is 0 Å². The molecule has 0 N–H and O–H groups in total. The van der Waals surface area contributed by atoms with Crippen molar-refractivity contribution in [3.63, 3.8) is 0 Å². The second-order valence-corrected chi connectivity index (χ2v) is 5.26. The van der Waals surface area contributed by atoms with E-state index in [2.05, 4.69) is 20.9 Å². The van der Waals surface area contributed by atoms with E-state index < -0.39 is 4.92 Å². The molecule has 108 valence electrons. The van der Waals surface area contributed by atoms with E-state index in [1.165, 1.54) is 17.0 Å². The van der Waals surface area contributed by atoms with E-state index in [4.69, 9.17) is 0 Å². The molecule has 0 spiro atoms. The molecule has 1 amide bonds. The summed E-state index contributed by atoms with van der Waals surface area (Å²) in [5.41, 5.74) is 0.885. The number of benzene rings is 1. The van der Waals surface area contributed by atoms with Gasteiger partial charge in [-0.1, -0.05) is 6.07 Å². The first-order valence-electron chi connectivity index (χ1n) is 6.08. The third kappa shape index (κ3) is 3.63. The Bertz CT molecular complexity index is 676. The summed E-state index contributed by atoms with van der Waals surface area (Å²) in [6.45, 7) is 0.337. The van der Waals surface area contributed by atoms with Crippen molar-refractivity contribution in [1.82, 2.24) is 9.88 Å². The number of pyridine rings is 1. The molecule has 0 fully saturated rings. The van der Waals surface area contributed by atoms with E-state index in [9.17, 15) is 14.9 Å². The standard InChI is InChI=1S/C14H12BrN3O3/c1-17(9-11-4-2-3-7-16-11)14(19)10-5-6-12(15)13(8-10)18(20)21/h2-8H,9H2,1H3. The number of nitrogens with zero attached hydrogens (tertiary/aromatic N) is 3. The second-order valence-electron chi connectivity index (χ2n) is 4.41. The Labute approximate surface area is 129 Å². The van der Waals surface area contributed by atoms with Gasteiger partial charge in [-0.3, -0.25) is 19.9 Å². The van der Waals surface area contributed by atoms with Gasteiger partial charge < -0.3 is 4.90 Å². The van der Waals surface area contributed by atoms with Crippen molar-refractivity contribution in [3.8, 4) is 0 Å². The van der Waals surface area contributed by atoms with Crippen molar-refractivity contribution < 1.29 is 9.72 Å². The molecular formula is C14H12BrN3O3. The number of nitro groups is 1. The lowest BCUT2D eigenvalue weighted by atomic mass is 10.1. The van der Waals surface area contributed by atoms with Crippen LogP contribution in [0.15, 0.2) is 47.1 Å². The summed E-state index contributed by atoms with van der Waals surface area (Å²) in [6.07, 6.45) is 1.65. The zero-order valence-corrected chi connectivity index (χ0v) is 12.8. The van der Waals surface area contributed by atoms with Crippen molar-refractivity contribution in [3.05, 3.63) is 68.4 Å². The third-order valence-corrected chi connectivity index (χ3v) is 3.53. The molecule has 0 atom stereocenters. The summed E-state index contributed by atoms with van der Waals surface area (Å²) in [5.74, 6) is -0.295. The molecule has 21 heavy (non-hydrogen) atoms. The molecule has 0 saturated heterocycles. The Balaban J connectivity index is 2.20. The average Bonchev–Trinajstić information content (AvgIpc) is 2.47. The summed E-state index contributed by atoms with van der Waals surface area (Å²) in [4.78, 5) is 28.3. The molecule has 2 rings (SSSR count). The van der Waals surface area contributed by atoms with Crippen LogP contribution < -0.4 is 0 Å². The molecule has 0 aliphatic carbocycles. The molecule has 2 aromatic rings. The van der Waals surface area contributed by atoms with Crippen LogP contribution in [0.2, 0.25) is 0 Å². The summed E-state index contributed by atoms with van der Waals surface area (Å²) in [7, 11) is 1.63. The highest BCUT2D eigenvalue weighted by molar-refractivity contribution is 9.10. The van der Waals surface area contributed by atoms with Gasteiger partial charge in [0.05, 0.1) is 21.6 Å². The number of hydrogen-bond acceptors (Lipinski definition) is 4. The van der Waals surface area contributed by atoms with Crippen molar-refractivity contribution in [2.75, 3.05) is 7.05 Å². The highest BCUT2D eigenvalue weighted by Gasteiger charge is 2.18. The number of aromatic nitrogens is 1. The predicted octanol–water partition coefficient (Wildman–Crippen LogP) is 3.02. The Morgan fingerprint density at radius 1 is 1.38 bits per heavy atom. The maximum absolute atomic E-state index is 12.3. The minimum atomic E-state index is -0.528. The Morgan fingerprint density at radius 2 is 2.14 bits per heavy atom. The molecule has 1 aromatic heterocycles. The van der Waals surface area contributed by atoms with Gasteiger partial charge in [0.2, 0.25) is 0 Å². The zero-order valence-electron chi connectivity index (χ0n) is 11.2. The molecule has 1 heterocycles. The van der Waals surface area contributed by atoms with Crippen molar-refractivity contribution >= 4 is 27.5 Å². The average molecular weight is 350 g/mol. The molecule has 0 aliphatic rings. The van der Waals surface area contributed by atoms with Crippen LogP contribution in [-0.4, -0.2) is 27.8 Å². The number of carbonyl (C=O) groups is 1. The van der Waals surface area contributed by atoms with Crippen LogP contribution in [-0.2, 0) is 6.54 Å². The number of carbonyl (C=O) groups excluding carboxylic acids is 1. The number of halogens is 1. The molecule has 0 bridgehead atoms. The van der Waals surface area contributed by atoms with Crippen molar-refractivity contribution in [2.45, 2.75) is 6.54 Å². The van der Waals surface area contributed by atoms with Gasteiger partial charge in [-0.2, -0.15) is 0 Å². The van der Waals surface area contributed by atoms with Crippen LogP contribution in [0.5, 0.6) is 0 Å². The van der Waals surface area contributed by atoms with E-state index in [1.54, 1.807) is 25.4 Å². The smallest absolute Gasteiger partial charge is 0.284 e. The lowest BCUT2D eigenvalue weighted by Crippen LogP contribution is -2.26. The lowest BCUT2D eigenvalue weighted by molar-refractivity contribution is -0.385. The van der Waals surface area contributed by atoms with Crippen LogP contribution in [0.1, 0.15) is 16.1 Å². The lowest BCUT2D eigenvalue weighted by Gasteiger charge is -2.16. The Morgan fingerprint density at radius 3 is 2.76 bits per heavy atom.